The fraction of sp³-hybridized carbons (Fsp3) is 0.333. The van der Waals surface area contributed by atoms with E-state index in [-0.39, 0.29) is 16.2 Å². The highest BCUT2D eigenvalue weighted by Gasteiger charge is 2.34. The van der Waals surface area contributed by atoms with E-state index in [2.05, 4.69) is 21.2 Å². The second-order valence-corrected chi connectivity index (χ2v) is 5.28. The van der Waals surface area contributed by atoms with Crippen molar-refractivity contribution in [2.75, 3.05) is 11.9 Å². The molecule has 1 fully saturated rings. The summed E-state index contributed by atoms with van der Waals surface area (Å²) < 4.78 is 26.8. The third-order valence-corrected chi connectivity index (χ3v) is 3.41. The Balaban J connectivity index is 2.13. The van der Waals surface area contributed by atoms with Crippen molar-refractivity contribution in [2.45, 2.75) is 18.9 Å². The van der Waals surface area contributed by atoms with E-state index >= 15 is 0 Å². The number of carboxylic acid groups (broad SMARTS) is 1. The van der Waals surface area contributed by atoms with Gasteiger partial charge >= 0.3 is 12.0 Å². The second-order valence-electron chi connectivity index (χ2n) is 4.43. The number of nitrogens with one attached hydrogen (secondary N) is 1. The average Bonchev–Trinajstić information content (AvgIpc) is 3.16. The molecule has 8 heteroatoms. The number of halogens is 3. The standard InChI is InChI=1S/C12H11BrF2N2O3/c13-7-3-9(15)10(4-8(7)14)16-12(20)17(5-11(18)19)6-1-2-6/h3-4,6H,1-2,5H2,(H,16,20)(H,18,19). The summed E-state index contributed by atoms with van der Waals surface area (Å²) in [5, 5.41) is 10.9. The largest absolute Gasteiger partial charge is 0.480 e. The molecule has 2 rings (SSSR count). The molecular weight excluding hydrogens is 338 g/mol. The molecule has 1 aliphatic carbocycles. The summed E-state index contributed by atoms with van der Waals surface area (Å²) >= 11 is 2.83. The Morgan fingerprint density at radius 3 is 2.55 bits per heavy atom. The Labute approximate surface area is 121 Å². The summed E-state index contributed by atoms with van der Waals surface area (Å²) in [4.78, 5) is 23.7. The Bertz CT molecular complexity index is 564. The Morgan fingerprint density at radius 2 is 2.00 bits per heavy atom. The first kappa shape index (κ1) is 14.7. The van der Waals surface area contributed by atoms with Gasteiger partial charge in [0.05, 0.1) is 10.2 Å². The molecule has 0 spiro atoms. The Hall–Kier alpha value is -1.70. The van der Waals surface area contributed by atoms with Crippen LogP contribution < -0.4 is 5.32 Å². The molecule has 0 bridgehead atoms. The molecule has 0 aliphatic heterocycles. The number of carbonyl (C=O) groups excluding carboxylic acids is 1. The van der Waals surface area contributed by atoms with Gasteiger partial charge in [-0.15, -0.1) is 0 Å². The molecule has 0 unspecified atom stereocenters. The predicted octanol–water partition coefficient (Wildman–Crippen LogP) is 2.81. The molecule has 5 nitrogen and oxygen atoms in total. The van der Waals surface area contributed by atoms with Crippen LogP contribution in [0.3, 0.4) is 0 Å². The lowest BCUT2D eigenvalue weighted by atomic mass is 10.3. The van der Waals surface area contributed by atoms with E-state index in [9.17, 15) is 18.4 Å². The van der Waals surface area contributed by atoms with E-state index in [1.807, 2.05) is 0 Å². The summed E-state index contributed by atoms with van der Waals surface area (Å²) in [6.45, 7) is -0.475. The van der Waals surface area contributed by atoms with E-state index < -0.39 is 30.2 Å². The molecular formula is C12H11BrF2N2O3. The molecule has 1 saturated carbocycles. The molecule has 20 heavy (non-hydrogen) atoms. The molecule has 0 aromatic heterocycles. The molecule has 1 aromatic carbocycles. The van der Waals surface area contributed by atoms with Crippen LogP contribution in [0.4, 0.5) is 19.3 Å². The molecule has 108 valence electrons. The summed E-state index contributed by atoms with van der Waals surface area (Å²) in [5.41, 5.74) is -0.327. The van der Waals surface area contributed by atoms with E-state index in [1.54, 1.807) is 0 Å². The maximum atomic E-state index is 13.6. The number of anilines is 1. The summed E-state index contributed by atoms with van der Waals surface area (Å²) in [6, 6.07) is 0.817. The Kier molecular flexibility index (Phi) is 4.22. The summed E-state index contributed by atoms with van der Waals surface area (Å²) in [7, 11) is 0. The zero-order valence-corrected chi connectivity index (χ0v) is 11.8. The minimum atomic E-state index is -1.16. The number of rotatable bonds is 4. The number of hydrogen-bond donors (Lipinski definition) is 2. The first-order valence-corrected chi connectivity index (χ1v) is 6.61. The zero-order chi connectivity index (χ0) is 14.9. The molecule has 1 aromatic rings. The van der Waals surface area contributed by atoms with Gasteiger partial charge in [0.1, 0.15) is 18.2 Å². The lowest BCUT2D eigenvalue weighted by Gasteiger charge is -2.21. The van der Waals surface area contributed by atoms with E-state index in [4.69, 9.17) is 5.11 Å². The SMILES string of the molecule is O=C(O)CN(C(=O)Nc1cc(F)c(Br)cc1F)C1CC1. The normalized spacial score (nSPS) is 13.9. The van der Waals surface area contributed by atoms with Gasteiger partial charge in [-0.3, -0.25) is 4.79 Å². The molecule has 0 radical (unpaired) electrons. The number of hydrogen-bond acceptors (Lipinski definition) is 2. The van der Waals surface area contributed by atoms with Gasteiger partial charge in [-0.05, 0) is 34.8 Å². The van der Waals surface area contributed by atoms with Crippen LogP contribution in [-0.4, -0.2) is 34.6 Å². The highest BCUT2D eigenvalue weighted by molar-refractivity contribution is 9.10. The van der Waals surface area contributed by atoms with Crippen molar-refractivity contribution in [3.63, 3.8) is 0 Å². The lowest BCUT2D eigenvalue weighted by Crippen LogP contribution is -2.40. The lowest BCUT2D eigenvalue weighted by molar-refractivity contribution is -0.137. The second kappa shape index (κ2) is 5.74. The van der Waals surface area contributed by atoms with Crippen LogP contribution in [0, 0.1) is 11.6 Å². The molecule has 2 N–H and O–H groups in total. The zero-order valence-electron chi connectivity index (χ0n) is 10.2. The fourth-order valence-electron chi connectivity index (χ4n) is 1.70. The molecule has 0 atom stereocenters. The number of urea groups is 1. The number of aliphatic carboxylic acids is 1. The van der Waals surface area contributed by atoms with E-state index in [1.165, 1.54) is 0 Å². The maximum absolute atomic E-state index is 13.6. The van der Waals surface area contributed by atoms with Crippen LogP contribution in [0.25, 0.3) is 0 Å². The summed E-state index contributed by atoms with van der Waals surface area (Å²) in [5.74, 6) is -2.69. The van der Waals surface area contributed by atoms with Crippen LogP contribution >= 0.6 is 15.9 Å². The molecule has 0 saturated heterocycles. The van der Waals surface area contributed by atoms with Gasteiger partial charge < -0.3 is 15.3 Å². The maximum Gasteiger partial charge on any atom is 0.323 e. The van der Waals surface area contributed by atoms with Crippen molar-refractivity contribution >= 4 is 33.6 Å². The van der Waals surface area contributed by atoms with Crippen LogP contribution in [0.2, 0.25) is 0 Å². The predicted molar refractivity (Wildman–Crippen MR) is 70.4 cm³/mol. The van der Waals surface area contributed by atoms with Crippen molar-refractivity contribution in [1.29, 1.82) is 0 Å². The van der Waals surface area contributed by atoms with Gasteiger partial charge in [0, 0.05) is 12.1 Å². The number of carbonyl (C=O) groups is 2. The van der Waals surface area contributed by atoms with Crippen molar-refractivity contribution < 1.29 is 23.5 Å². The third-order valence-electron chi connectivity index (χ3n) is 2.81. The molecule has 0 heterocycles. The molecule has 1 aliphatic rings. The number of carboxylic acids is 1. The van der Waals surface area contributed by atoms with Crippen molar-refractivity contribution in [3.05, 3.63) is 28.2 Å². The molecule has 2 amide bonds. The summed E-state index contributed by atoms with van der Waals surface area (Å²) in [6.07, 6.45) is 1.41. The Morgan fingerprint density at radius 1 is 1.35 bits per heavy atom. The number of benzene rings is 1. The van der Waals surface area contributed by atoms with Crippen LogP contribution in [0.1, 0.15) is 12.8 Å². The smallest absolute Gasteiger partial charge is 0.323 e. The van der Waals surface area contributed by atoms with E-state index in [0.29, 0.717) is 12.8 Å². The van der Waals surface area contributed by atoms with Gasteiger partial charge in [-0.25, -0.2) is 13.6 Å². The average molecular weight is 349 g/mol. The number of amides is 2. The highest BCUT2D eigenvalue weighted by atomic mass is 79.9. The van der Waals surface area contributed by atoms with Gasteiger partial charge in [0.2, 0.25) is 0 Å². The third kappa shape index (κ3) is 3.44. The topological polar surface area (TPSA) is 69.6 Å². The van der Waals surface area contributed by atoms with Gasteiger partial charge in [0.25, 0.3) is 0 Å². The van der Waals surface area contributed by atoms with E-state index in [0.717, 1.165) is 17.0 Å². The first-order valence-electron chi connectivity index (χ1n) is 5.82. The van der Waals surface area contributed by atoms with Gasteiger partial charge in [-0.2, -0.15) is 0 Å². The van der Waals surface area contributed by atoms with Crippen LogP contribution in [-0.2, 0) is 4.79 Å². The van der Waals surface area contributed by atoms with Crippen LogP contribution in [0.5, 0.6) is 0 Å². The van der Waals surface area contributed by atoms with Crippen molar-refractivity contribution in [1.82, 2.24) is 4.90 Å². The number of nitrogens with zero attached hydrogens (tertiary/aromatic N) is 1. The minimum absolute atomic E-state index is 0.0578. The van der Waals surface area contributed by atoms with Crippen molar-refractivity contribution in [2.24, 2.45) is 0 Å². The van der Waals surface area contributed by atoms with Crippen molar-refractivity contribution in [3.8, 4) is 0 Å². The van der Waals surface area contributed by atoms with Crippen LogP contribution in [0.15, 0.2) is 16.6 Å². The van der Waals surface area contributed by atoms with Gasteiger partial charge in [-0.1, -0.05) is 0 Å². The fourth-order valence-corrected chi connectivity index (χ4v) is 2.02. The first-order chi connectivity index (χ1) is 9.38. The van der Waals surface area contributed by atoms with Gasteiger partial charge in [0.15, 0.2) is 0 Å². The monoisotopic (exact) mass is 348 g/mol. The highest BCUT2D eigenvalue weighted by Crippen LogP contribution is 2.28. The minimum Gasteiger partial charge on any atom is -0.480 e. The quantitative estimate of drug-likeness (QED) is 0.822.